The van der Waals surface area contributed by atoms with Crippen molar-refractivity contribution in [3.05, 3.63) is 23.8 Å². The first-order chi connectivity index (χ1) is 7.60. The molecule has 0 bridgehead atoms. The second-order valence-electron chi connectivity index (χ2n) is 3.47. The molecule has 0 aliphatic rings. The minimum absolute atomic E-state index is 0.276. The Morgan fingerprint density at radius 2 is 2.19 bits per heavy atom. The summed E-state index contributed by atoms with van der Waals surface area (Å²) in [6, 6.07) is 5.25. The summed E-state index contributed by atoms with van der Waals surface area (Å²) in [5, 5.41) is 0. The molecule has 88 valence electrons. The Morgan fingerprint density at radius 1 is 1.50 bits per heavy atom. The van der Waals surface area contributed by atoms with Gasteiger partial charge in [-0.25, -0.2) is 0 Å². The van der Waals surface area contributed by atoms with Crippen LogP contribution in [0, 0.1) is 0 Å². The summed E-state index contributed by atoms with van der Waals surface area (Å²) in [6.07, 6.45) is 0. The van der Waals surface area contributed by atoms with Gasteiger partial charge in [0, 0.05) is 5.69 Å². The van der Waals surface area contributed by atoms with E-state index in [1.54, 1.807) is 39.2 Å². The molecule has 0 amide bonds. The Hall–Kier alpha value is -1.71. The summed E-state index contributed by atoms with van der Waals surface area (Å²) >= 11 is 0. The highest BCUT2D eigenvalue weighted by Crippen LogP contribution is 2.27. The lowest BCUT2D eigenvalue weighted by atomic mass is 9.99. The fourth-order valence-corrected chi connectivity index (χ4v) is 1.45. The number of carbonyl (C=O) groups excluding carboxylic acids is 1. The molecule has 16 heavy (non-hydrogen) atoms. The van der Waals surface area contributed by atoms with E-state index in [0.29, 0.717) is 18.0 Å². The quantitative estimate of drug-likeness (QED) is 0.626. The maximum atomic E-state index is 11.6. The van der Waals surface area contributed by atoms with E-state index in [4.69, 9.17) is 15.2 Å². The van der Waals surface area contributed by atoms with Gasteiger partial charge in [-0.15, -0.1) is 0 Å². The van der Waals surface area contributed by atoms with Crippen molar-refractivity contribution in [1.82, 2.24) is 0 Å². The van der Waals surface area contributed by atoms with Crippen molar-refractivity contribution in [2.45, 2.75) is 19.8 Å². The minimum atomic E-state index is -0.380. The molecular weight excluding hydrogens is 206 g/mol. The number of rotatable bonds is 4. The molecule has 0 aromatic heterocycles. The Bertz CT molecular complexity index is 377. The van der Waals surface area contributed by atoms with Gasteiger partial charge in [0.25, 0.3) is 0 Å². The lowest BCUT2D eigenvalue weighted by molar-refractivity contribution is -0.144. The summed E-state index contributed by atoms with van der Waals surface area (Å²) in [5.74, 6) is 0.0258. The lowest BCUT2D eigenvalue weighted by Crippen LogP contribution is -2.14. The number of hydrogen-bond acceptors (Lipinski definition) is 4. The van der Waals surface area contributed by atoms with Crippen molar-refractivity contribution >= 4 is 11.7 Å². The van der Waals surface area contributed by atoms with Gasteiger partial charge in [-0.1, -0.05) is 0 Å². The third kappa shape index (κ3) is 2.66. The van der Waals surface area contributed by atoms with Gasteiger partial charge in [0.15, 0.2) is 0 Å². The SMILES string of the molecule is CCOC(=O)C(C)c1cc(OC)ccc1N. The third-order valence-electron chi connectivity index (χ3n) is 2.40. The molecule has 0 spiro atoms. The van der Waals surface area contributed by atoms with Crippen LogP contribution in [0.3, 0.4) is 0 Å². The summed E-state index contributed by atoms with van der Waals surface area (Å²) in [7, 11) is 1.57. The molecule has 1 aromatic carbocycles. The molecule has 1 rings (SSSR count). The van der Waals surface area contributed by atoms with Crippen LogP contribution in [0.15, 0.2) is 18.2 Å². The first-order valence-electron chi connectivity index (χ1n) is 5.20. The highest BCUT2D eigenvalue weighted by molar-refractivity contribution is 5.80. The third-order valence-corrected chi connectivity index (χ3v) is 2.40. The summed E-state index contributed by atoms with van der Waals surface area (Å²) in [4.78, 5) is 11.6. The van der Waals surface area contributed by atoms with Crippen LogP contribution < -0.4 is 10.5 Å². The smallest absolute Gasteiger partial charge is 0.313 e. The van der Waals surface area contributed by atoms with E-state index in [0.717, 1.165) is 5.56 Å². The molecular formula is C12H17NO3. The highest BCUT2D eigenvalue weighted by Gasteiger charge is 2.19. The van der Waals surface area contributed by atoms with Crippen LogP contribution in [0.4, 0.5) is 5.69 Å². The van der Waals surface area contributed by atoms with E-state index in [9.17, 15) is 4.79 Å². The minimum Gasteiger partial charge on any atom is -0.497 e. The van der Waals surface area contributed by atoms with Crippen molar-refractivity contribution in [3.8, 4) is 5.75 Å². The van der Waals surface area contributed by atoms with E-state index in [-0.39, 0.29) is 11.9 Å². The second-order valence-corrected chi connectivity index (χ2v) is 3.47. The molecule has 0 radical (unpaired) electrons. The fourth-order valence-electron chi connectivity index (χ4n) is 1.45. The van der Waals surface area contributed by atoms with Gasteiger partial charge in [-0.05, 0) is 37.6 Å². The molecule has 0 aliphatic carbocycles. The van der Waals surface area contributed by atoms with Gasteiger partial charge in [0.1, 0.15) is 5.75 Å². The van der Waals surface area contributed by atoms with Gasteiger partial charge in [0.05, 0.1) is 19.6 Å². The Balaban J connectivity index is 2.97. The first kappa shape index (κ1) is 12.4. The molecule has 1 aromatic rings. The lowest BCUT2D eigenvalue weighted by Gasteiger charge is -2.14. The summed E-state index contributed by atoms with van der Waals surface area (Å²) in [6.45, 7) is 3.91. The van der Waals surface area contributed by atoms with E-state index >= 15 is 0 Å². The zero-order valence-corrected chi connectivity index (χ0v) is 9.82. The van der Waals surface area contributed by atoms with Crippen LogP contribution in [-0.4, -0.2) is 19.7 Å². The monoisotopic (exact) mass is 223 g/mol. The van der Waals surface area contributed by atoms with Gasteiger partial charge < -0.3 is 15.2 Å². The maximum Gasteiger partial charge on any atom is 0.313 e. The number of ether oxygens (including phenoxy) is 2. The number of carbonyl (C=O) groups is 1. The zero-order chi connectivity index (χ0) is 12.1. The summed E-state index contributed by atoms with van der Waals surface area (Å²) < 4.78 is 10.0. The molecule has 0 heterocycles. The molecule has 0 saturated carbocycles. The average molecular weight is 223 g/mol. The van der Waals surface area contributed by atoms with Crippen molar-refractivity contribution in [2.75, 3.05) is 19.5 Å². The van der Waals surface area contributed by atoms with E-state index < -0.39 is 0 Å². The second kappa shape index (κ2) is 5.39. The maximum absolute atomic E-state index is 11.6. The standard InChI is InChI=1S/C12H17NO3/c1-4-16-12(14)8(2)10-7-9(15-3)5-6-11(10)13/h5-8H,4,13H2,1-3H3. The Morgan fingerprint density at radius 3 is 2.75 bits per heavy atom. The molecule has 0 fully saturated rings. The van der Waals surface area contributed by atoms with Crippen molar-refractivity contribution in [1.29, 1.82) is 0 Å². The van der Waals surface area contributed by atoms with Crippen molar-refractivity contribution in [2.24, 2.45) is 0 Å². The van der Waals surface area contributed by atoms with Crippen LogP contribution in [0.2, 0.25) is 0 Å². The number of nitrogens with two attached hydrogens (primary N) is 1. The van der Waals surface area contributed by atoms with Crippen molar-refractivity contribution in [3.63, 3.8) is 0 Å². The average Bonchev–Trinajstić information content (AvgIpc) is 2.29. The normalized spacial score (nSPS) is 11.9. The number of anilines is 1. The number of methoxy groups -OCH3 is 1. The van der Waals surface area contributed by atoms with Crippen LogP contribution >= 0.6 is 0 Å². The van der Waals surface area contributed by atoms with Crippen LogP contribution in [0.5, 0.6) is 5.75 Å². The van der Waals surface area contributed by atoms with E-state index in [1.807, 2.05) is 0 Å². The highest BCUT2D eigenvalue weighted by atomic mass is 16.5. The van der Waals surface area contributed by atoms with E-state index in [2.05, 4.69) is 0 Å². The molecule has 4 heteroatoms. The first-order valence-corrected chi connectivity index (χ1v) is 5.20. The number of nitrogen functional groups attached to an aromatic ring is 1. The van der Waals surface area contributed by atoms with Crippen LogP contribution in [0.25, 0.3) is 0 Å². The molecule has 1 atom stereocenters. The Labute approximate surface area is 95.3 Å². The fraction of sp³-hybridized carbons (Fsp3) is 0.417. The van der Waals surface area contributed by atoms with Crippen LogP contribution in [0.1, 0.15) is 25.3 Å². The largest absolute Gasteiger partial charge is 0.497 e. The van der Waals surface area contributed by atoms with Gasteiger partial charge in [-0.3, -0.25) is 4.79 Å². The molecule has 2 N–H and O–H groups in total. The van der Waals surface area contributed by atoms with Crippen molar-refractivity contribution < 1.29 is 14.3 Å². The van der Waals surface area contributed by atoms with Crippen LogP contribution in [-0.2, 0) is 9.53 Å². The molecule has 4 nitrogen and oxygen atoms in total. The molecule has 0 aliphatic heterocycles. The van der Waals surface area contributed by atoms with E-state index in [1.165, 1.54) is 0 Å². The Kier molecular flexibility index (Phi) is 4.17. The number of esters is 1. The summed E-state index contributed by atoms with van der Waals surface area (Å²) in [5.41, 5.74) is 7.12. The predicted molar refractivity (Wildman–Crippen MR) is 62.5 cm³/mol. The van der Waals surface area contributed by atoms with Gasteiger partial charge in [-0.2, -0.15) is 0 Å². The molecule has 1 unspecified atom stereocenters. The number of benzene rings is 1. The predicted octanol–water partition coefficient (Wildman–Crippen LogP) is 1.94. The van der Waals surface area contributed by atoms with Gasteiger partial charge >= 0.3 is 5.97 Å². The van der Waals surface area contributed by atoms with Gasteiger partial charge in [0.2, 0.25) is 0 Å². The number of hydrogen-bond donors (Lipinski definition) is 1. The molecule has 0 saturated heterocycles. The zero-order valence-electron chi connectivity index (χ0n) is 9.82. The topological polar surface area (TPSA) is 61.5 Å².